The number of halogens is 2. The summed E-state index contributed by atoms with van der Waals surface area (Å²) in [4.78, 5) is 0. The molecule has 0 spiro atoms. The predicted octanol–water partition coefficient (Wildman–Crippen LogP) is 2.42. The Morgan fingerprint density at radius 2 is 2.57 bits per heavy atom. The van der Waals surface area contributed by atoms with E-state index in [0.29, 0.717) is 0 Å². The molecule has 44 valence electrons. The zero-order chi connectivity index (χ0) is 6.78. The molecule has 7 heteroatoms. The Kier molecular flexibility index (Phi) is 4.16. The molecule has 0 aromatic rings. The van der Waals surface area contributed by atoms with Crippen LogP contribution < -0.4 is 0 Å². The highest BCUT2D eigenvalue weighted by atomic mass is 127. The van der Waals surface area contributed by atoms with Crippen molar-refractivity contribution in [3.05, 3.63) is 0 Å². The zero-order valence-corrected chi connectivity index (χ0v) is 8.95. The lowest BCUT2D eigenvalue weighted by Crippen LogP contribution is -1.31. The maximum absolute atomic E-state index is 10.3. The van der Waals surface area contributed by atoms with Crippen LogP contribution in [-0.4, -0.2) is 1.12 Å². The molecule has 0 heterocycles. The van der Waals surface area contributed by atoms with Crippen molar-refractivity contribution >= 4 is 53.0 Å². The molecule has 2 atom stereocenters. The van der Waals surface area contributed by atoms with Gasteiger partial charge in [0.15, 0.2) is 0 Å². The summed E-state index contributed by atoms with van der Waals surface area (Å²) in [6.07, 6.45) is 0. The molecule has 0 amide bonds. The second kappa shape index (κ2) is 4.39. The van der Waals surface area contributed by atoms with Crippen LogP contribution in [0.4, 0.5) is 0 Å². The minimum atomic E-state index is -2.69. The van der Waals surface area contributed by atoms with E-state index >= 15 is 0 Å². The monoisotopic (exact) mass is 367 g/mol. The minimum Gasteiger partial charge on any atom is -0.270 e. The van der Waals surface area contributed by atoms with E-state index in [1.807, 2.05) is 0 Å². The summed E-state index contributed by atoms with van der Waals surface area (Å²) >= 11 is -0.220. The number of nitrogens with one attached hydrogen (secondary N) is 1. The number of hydrogen-bond acceptors (Lipinski definition) is 3. The maximum atomic E-state index is 10.3. The van der Waals surface area contributed by atoms with E-state index in [-0.39, 0.29) is 0 Å². The first-order valence-electron chi connectivity index (χ1n) is 1.46. The SMILES string of the molecule is [3H]S(=N)(I=O)=P(=O)I. The largest absolute Gasteiger partial charge is 0.270 e. The average Bonchev–Trinajstić information content (AvgIpc) is 1.67. The van der Waals surface area contributed by atoms with Crippen molar-refractivity contribution in [3.8, 4) is 0 Å². The van der Waals surface area contributed by atoms with Crippen LogP contribution in [0.2, 0.25) is 0 Å². The molecule has 1 N–H and O–H groups in total. The van der Waals surface area contributed by atoms with Crippen molar-refractivity contribution in [3.63, 3.8) is 0 Å². The maximum Gasteiger partial charge on any atom is 0.225 e. The molecule has 0 saturated heterocycles. The Labute approximate surface area is 65.9 Å². The molecule has 0 aromatic carbocycles. The van der Waals surface area contributed by atoms with E-state index in [1.54, 1.807) is 0 Å². The lowest BCUT2D eigenvalue weighted by Gasteiger charge is -1.62. The summed E-state index contributed by atoms with van der Waals surface area (Å²) in [5.41, 5.74) is 0. The normalized spacial score (nSPS) is 22.4. The summed E-state index contributed by atoms with van der Waals surface area (Å²) in [5.74, 6) is 0. The van der Waals surface area contributed by atoms with Gasteiger partial charge in [-0.15, -0.1) is 0 Å². The lowest BCUT2D eigenvalue weighted by atomic mass is 14.0. The van der Waals surface area contributed by atoms with Crippen molar-refractivity contribution in [1.29, 1.82) is 5.90 Å². The number of rotatable bonds is 1. The van der Waals surface area contributed by atoms with Crippen LogP contribution in [0.5, 0.6) is 0 Å². The van der Waals surface area contributed by atoms with Gasteiger partial charge in [-0.1, -0.05) is 0 Å². The Hall–Kier alpha value is 1.51. The van der Waals surface area contributed by atoms with Crippen molar-refractivity contribution < 1.29 is 7.63 Å². The van der Waals surface area contributed by atoms with Crippen LogP contribution in [0, 0.1) is 4.78 Å². The molecule has 0 aliphatic rings. The van der Waals surface area contributed by atoms with Crippen molar-refractivity contribution in [2.24, 2.45) is 0 Å². The average molecular weight is 367 g/mol. The first kappa shape index (κ1) is 6.63. The van der Waals surface area contributed by atoms with Crippen LogP contribution in [0.1, 0.15) is 0 Å². The second-order valence-electron chi connectivity index (χ2n) is 0.513. The Morgan fingerprint density at radius 3 is 2.57 bits per heavy atom. The van der Waals surface area contributed by atoms with Gasteiger partial charge in [0, 0.05) is 29.0 Å². The zero-order valence-electron chi connectivity index (χ0n) is 3.93. The van der Waals surface area contributed by atoms with Gasteiger partial charge in [0.2, 0.25) is 24.0 Å². The standard InChI is InChI=1S/H2I2NO2PS/c1-6(5)7(3)2-4/h3,7H/i7T. The Bertz CT molecular complexity index is 247. The van der Waals surface area contributed by atoms with Gasteiger partial charge in [0.05, 0.1) is 0 Å². The fourth-order valence-corrected chi connectivity index (χ4v) is 5.01. The van der Waals surface area contributed by atoms with Gasteiger partial charge in [-0.05, 0) is 0 Å². The third kappa shape index (κ3) is 4.04. The molecule has 7 heavy (non-hydrogen) atoms. The molecule has 0 saturated carbocycles. The molecule has 0 aliphatic heterocycles. The third-order valence-corrected chi connectivity index (χ3v) is 17.0. The Morgan fingerprint density at radius 1 is 2.14 bits per heavy atom. The molecule has 0 aromatic heterocycles. The first-order valence-corrected chi connectivity index (χ1v) is 10.3. The van der Waals surface area contributed by atoms with Gasteiger partial charge in [0.1, 0.15) is 1.12 Å². The summed E-state index contributed by atoms with van der Waals surface area (Å²) in [6.45, 7) is -2.69. The van der Waals surface area contributed by atoms with Crippen LogP contribution in [0.25, 0.3) is 0 Å². The number of hydrogen-bond donors (Lipinski definition) is 2. The second-order valence-corrected chi connectivity index (χ2v) is 14.0. The summed E-state index contributed by atoms with van der Waals surface area (Å²) in [7, 11) is 0. The Balaban J connectivity index is 5.28. The fraction of sp³-hybridized carbons (Fsp3) is 0. The molecular weight excluding hydrogens is 363 g/mol. The predicted molar refractivity (Wildman–Crippen MR) is 47.8 cm³/mol. The van der Waals surface area contributed by atoms with Crippen molar-refractivity contribution in [1.82, 2.24) is 0 Å². The molecule has 0 aliphatic carbocycles. The van der Waals surface area contributed by atoms with Crippen LogP contribution in [-0.2, 0) is 14.6 Å². The fourth-order valence-electron chi connectivity index (χ4n) is 0.0221. The summed E-state index contributed by atoms with van der Waals surface area (Å²) in [5, 5.41) is 0. The molecule has 0 rings (SSSR count). The molecule has 0 fully saturated rings. The summed E-state index contributed by atoms with van der Waals surface area (Å²) < 4.78 is 32.1. The highest BCUT2D eigenvalue weighted by molar-refractivity contribution is 14.2. The van der Waals surface area contributed by atoms with Gasteiger partial charge in [0.25, 0.3) is 0 Å². The minimum absolute atomic E-state index is 1.48. The van der Waals surface area contributed by atoms with Gasteiger partial charge in [-0.25, -0.2) is 0 Å². The van der Waals surface area contributed by atoms with Crippen molar-refractivity contribution in [2.45, 2.75) is 0 Å². The topological polar surface area (TPSA) is 58.0 Å². The van der Waals surface area contributed by atoms with Gasteiger partial charge in [-0.2, -0.15) is 0 Å². The molecule has 0 bridgehead atoms. The van der Waals surface area contributed by atoms with E-state index in [0.717, 1.165) is 0 Å². The smallest absolute Gasteiger partial charge is 0.225 e. The highest BCUT2D eigenvalue weighted by Gasteiger charge is 1.75. The lowest BCUT2D eigenvalue weighted by molar-refractivity contribution is 0.605. The molecule has 3 nitrogen and oxygen atoms in total. The summed E-state index contributed by atoms with van der Waals surface area (Å²) in [6, 6.07) is 0. The van der Waals surface area contributed by atoms with Gasteiger partial charge >= 0.3 is 0 Å². The molecular formula is H2I2NO2PS. The third-order valence-electron chi connectivity index (χ3n) is 0.186. The first-order chi connectivity index (χ1) is 3.50. The van der Waals surface area contributed by atoms with E-state index in [2.05, 4.69) is 0 Å². The van der Waals surface area contributed by atoms with Crippen LogP contribution >= 0.6 is 46.1 Å². The van der Waals surface area contributed by atoms with E-state index < -0.39 is 31.0 Å². The van der Waals surface area contributed by atoms with Crippen LogP contribution in [0.15, 0.2) is 0 Å². The number of thiol groups is 1. The van der Waals surface area contributed by atoms with E-state index in [9.17, 15) is 7.63 Å². The molecule has 0 radical (unpaired) electrons. The molecule has 2 unspecified atom stereocenters. The van der Waals surface area contributed by atoms with Crippen LogP contribution in [0.3, 0.4) is 0 Å². The van der Waals surface area contributed by atoms with Crippen molar-refractivity contribution in [2.75, 3.05) is 0 Å². The quantitative estimate of drug-likeness (QED) is 0.425. The highest BCUT2D eigenvalue weighted by Crippen LogP contribution is 2.25. The van der Waals surface area contributed by atoms with E-state index in [4.69, 9.17) is 5.90 Å². The van der Waals surface area contributed by atoms with Gasteiger partial charge in [-0.3, -0.25) is 12.4 Å². The van der Waals surface area contributed by atoms with E-state index in [1.165, 1.54) is 22.0 Å². The van der Waals surface area contributed by atoms with Gasteiger partial charge < -0.3 is 0 Å².